The molecule has 1 heterocycles. The van der Waals surface area contributed by atoms with E-state index in [0.29, 0.717) is 16.7 Å². The molecule has 0 radical (unpaired) electrons. The number of primary amides is 1. The number of rotatable bonds is 7. The molecule has 2 amide bonds. The van der Waals surface area contributed by atoms with Crippen molar-refractivity contribution >= 4 is 40.6 Å². The maximum absolute atomic E-state index is 13.1. The van der Waals surface area contributed by atoms with Crippen LogP contribution in [-0.2, 0) is 6.54 Å². The normalized spacial score (nSPS) is 10.7. The van der Waals surface area contributed by atoms with Gasteiger partial charge in [-0.05, 0) is 66.3 Å². The molecule has 0 saturated carbocycles. The van der Waals surface area contributed by atoms with Crippen molar-refractivity contribution in [2.75, 3.05) is 19.5 Å². The summed E-state index contributed by atoms with van der Waals surface area (Å²) in [7, 11) is 3.03. The number of nitrogens with one attached hydrogen (secondary N) is 2. The lowest BCUT2D eigenvalue weighted by molar-refractivity contribution is 0.0996. The summed E-state index contributed by atoms with van der Waals surface area (Å²) in [5.41, 5.74) is 7.16. The van der Waals surface area contributed by atoms with E-state index in [1.165, 1.54) is 29.9 Å². The molecule has 0 bridgehead atoms. The number of benzene rings is 3. The van der Waals surface area contributed by atoms with Gasteiger partial charge in [-0.25, -0.2) is 0 Å². The number of anilines is 1. The number of amides is 2. The summed E-state index contributed by atoms with van der Waals surface area (Å²) in [6.07, 6.45) is 0. The van der Waals surface area contributed by atoms with Crippen LogP contribution in [0, 0.1) is 4.77 Å². The van der Waals surface area contributed by atoms with Gasteiger partial charge in [-0.3, -0.25) is 19.0 Å². The third-order valence-electron chi connectivity index (χ3n) is 5.48. The van der Waals surface area contributed by atoms with E-state index in [-0.39, 0.29) is 33.7 Å². The van der Waals surface area contributed by atoms with Gasteiger partial charge in [0.05, 0.1) is 37.4 Å². The first-order valence-corrected chi connectivity index (χ1v) is 10.9. The Bertz CT molecular complexity index is 1560. The van der Waals surface area contributed by atoms with E-state index < -0.39 is 11.8 Å². The summed E-state index contributed by atoms with van der Waals surface area (Å²) in [5, 5.41) is 3.10. The number of nitrogens with two attached hydrogens (primary N) is 1. The van der Waals surface area contributed by atoms with Crippen molar-refractivity contribution in [2.45, 2.75) is 6.54 Å². The van der Waals surface area contributed by atoms with Crippen LogP contribution in [0.15, 0.2) is 65.5 Å². The molecule has 35 heavy (non-hydrogen) atoms. The lowest BCUT2D eigenvalue weighted by Crippen LogP contribution is -2.23. The van der Waals surface area contributed by atoms with Crippen LogP contribution in [0.5, 0.6) is 11.5 Å². The van der Waals surface area contributed by atoms with E-state index in [0.717, 1.165) is 11.3 Å². The van der Waals surface area contributed by atoms with E-state index >= 15 is 0 Å². The van der Waals surface area contributed by atoms with Gasteiger partial charge >= 0.3 is 0 Å². The predicted octanol–water partition coefficient (Wildman–Crippen LogP) is 3.48. The maximum Gasteiger partial charge on any atom is 0.262 e. The van der Waals surface area contributed by atoms with E-state index in [4.69, 9.17) is 27.4 Å². The molecule has 0 fully saturated rings. The molecule has 4 aromatic rings. The van der Waals surface area contributed by atoms with E-state index in [1.54, 1.807) is 25.3 Å². The number of aromatic nitrogens is 2. The Kier molecular flexibility index (Phi) is 6.65. The number of hydrogen-bond donors (Lipinski definition) is 3. The zero-order chi connectivity index (χ0) is 25.1. The SMILES string of the molecule is COc1ccc(Cn2c(=S)[nH]c3cc(C(=O)Nc4cc(C(N)=O)ccc4OC)ccc3c2=O)cc1. The number of aromatic amines is 1. The van der Waals surface area contributed by atoms with E-state index in [1.807, 2.05) is 24.3 Å². The Morgan fingerprint density at radius 2 is 1.71 bits per heavy atom. The zero-order valence-corrected chi connectivity index (χ0v) is 19.8. The summed E-state index contributed by atoms with van der Waals surface area (Å²) in [5.74, 6) is -0.0135. The van der Waals surface area contributed by atoms with Crippen LogP contribution < -0.4 is 26.1 Å². The molecule has 0 aliphatic heterocycles. The average molecular weight is 491 g/mol. The Morgan fingerprint density at radius 3 is 2.37 bits per heavy atom. The van der Waals surface area contributed by atoms with Crippen LogP contribution >= 0.6 is 12.2 Å². The first-order valence-electron chi connectivity index (χ1n) is 10.5. The fourth-order valence-electron chi connectivity index (χ4n) is 3.61. The molecule has 1 aromatic heterocycles. The van der Waals surface area contributed by atoms with E-state index in [2.05, 4.69) is 10.3 Å². The topological polar surface area (TPSA) is 128 Å². The minimum absolute atomic E-state index is 0.223. The Labute approximate surface area is 205 Å². The smallest absolute Gasteiger partial charge is 0.262 e. The third-order valence-corrected chi connectivity index (χ3v) is 5.80. The first kappa shape index (κ1) is 23.7. The van der Waals surface area contributed by atoms with Crippen molar-refractivity contribution in [3.63, 3.8) is 0 Å². The van der Waals surface area contributed by atoms with Gasteiger partial charge in [0.2, 0.25) is 5.91 Å². The van der Waals surface area contributed by atoms with Crippen LogP contribution in [0.2, 0.25) is 0 Å². The molecule has 4 rings (SSSR count). The molecule has 0 spiro atoms. The van der Waals surface area contributed by atoms with Crippen molar-refractivity contribution < 1.29 is 19.1 Å². The van der Waals surface area contributed by atoms with Crippen molar-refractivity contribution in [2.24, 2.45) is 5.73 Å². The number of carbonyl (C=O) groups excluding carboxylic acids is 2. The van der Waals surface area contributed by atoms with Crippen molar-refractivity contribution in [3.05, 3.63) is 92.5 Å². The van der Waals surface area contributed by atoms with Crippen LogP contribution in [0.1, 0.15) is 26.3 Å². The fraction of sp³-hybridized carbons (Fsp3) is 0.120. The van der Waals surface area contributed by atoms with Gasteiger partial charge in [-0.2, -0.15) is 0 Å². The minimum atomic E-state index is -0.632. The molecular formula is C25H22N4O5S. The molecule has 0 unspecified atom stereocenters. The second kappa shape index (κ2) is 9.82. The second-order valence-corrected chi connectivity index (χ2v) is 8.05. The zero-order valence-electron chi connectivity index (χ0n) is 19.0. The summed E-state index contributed by atoms with van der Waals surface area (Å²) in [6, 6.07) is 16.5. The van der Waals surface area contributed by atoms with E-state index in [9.17, 15) is 14.4 Å². The Balaban J connectivity index is 1.65. The van der Waals surface area contributed by atoms with Crippen molar-refractivity contribution in [1.82, 2.24) is 9.55 Å². The highest BCUT2D eigenvalue weighted by Gasteiger charge is 2.14. The summed E-state index contributed by atoms with van der Waals surface area (Å²) < 4.78 is 12.1. The molecule has 178 valence electrons. The van der Waals surface area contributed by atoms with Gasteiger partial charge in [-0.1, -0.05) is 12.1 Å². The lowest BCUT2D eigenvalue weighted by atomic mass is 10.1. The Hall–Kier alpha value is -4.44. The monoisotopic (exact) mass is 490 g/mol. The largest absolute Gasteiger partial charge is 0.497 e. The number of carbonyl (C=O) groups is 2. The average Bonchev–Trinajstić information content (AvgIpc) is 2.86. The first-order chi connectivity index (χ1) is 16.8. The minimum Gasteiger partial charge on any atom is -0.497 e. The Morgan fingerprint density at radius 1 is 1.00 bits per heavy atom. The standard InChI is InChI=1S/C25H22N4O5S/c1-33-17-7-3-14(4-8-17)13-29-24(32)18-9-5-16(12-19(18)28-25(29)35)23(31)27-20-11-15(22(26)30)6-10-21(20)34-2/h3-12H,13H2,1-2H3,(H2,26,30)(H,27,31)(H,28,35). The van der Waals surface area contributed by atoms with Crippen LogP contribution in [-0.4, -0.2) is 35.6 Å². The third kappa shape index (κ3) is 4.92. The van der Waals surface area contributed by atoms with Gasteiger partial charge in [0.15, 0.2) is 4.77 Å². The van der Waals surface area contributed by atoms with Crippen molar-refractivity contribution in [1.29, 1.82) is 0 Å². The quantitative estimate of drug-likeness (QED) is 0.340. The number of fused-ring (bicyclic) bond motifs is 1. The molecule has 0 aliphatic carbocycles. The van der Waals surface area contributed by atoms with Crippen LogP contribution in [0.3, 0.4) is 0 Å². The van der Waals surface area contributed by atoms with Gasteiger partial charge in [0.25, 0.3) is 11.5 Å². The number of ether oxygens (including phenoxy) is 2. The second-order valence-electron chi connectivity index (χ2n) is 7.66. The molecule has 9 nitrogen and oxygen atoms in total. The number of H-pyrrole nitrogens is 1. The molecule has 0 saturated heterocycles. The summed E-state index contributed by atoms with van der Waals surface area (Å²) in [4.78, 5) is 40.6. The molecule has 0 aliphatic rings. The number of nitrogens with zero attached hydrogens (tertiary/aromatic N) is 1. The van der Waals surface area contributed by atoms with Gasteiger partial charge < -0.3 is 25.5 Å². The van der Waals surface area contributed by atoms with Gasteiger partial charge in [0.1, 0.15) is 11.5 Å². The molecule has 3 aromatic carbocycles. The molecular weight excluding hydrogens is 468 g/mol. The molecule has 10 heteroatoms. The highest BCUT2D eigenvalue weighted by molar-refractivity contribution is 7.71. The van der Waals surface area contributed by atoms with Crippen LogP contribution in [0.4, 0.5) is 5.69 Å². The predicted molar refractivity (Wildman–Crippen MR) is 135 cm³/mol. The summed E-state index contributed by atoms with van der Waals surface area (Å²) in [6.45, 7) is 0.284. The van der Waals surface area contributed by atoms with Crippen LogP contribution in [0.25, 0.3) is 10.9 Å². The maximum atomic E-state index is 13.1. The van der Waals surface area contributed by atoms with Gasteiger partial charge in [0, 0.05) is 11.1 Å². The highest BCUT2D eigenvalue weighted by Crippen LogP contribution is 2.26. The number of methoxy groups -OCH3 is 2. The lowest BCUT2D eigenvalue weighted by Gasteiger charge is -2.12. The van der Waals surface area contributed by atoms with Gasteiger partial charge in [-0.15, -0.1) is 0 Å². The molecule has 0 atom stereocenters. The molecule has 4 N–H and O–H groups in total. The summed E-state index contributed by atoms with van der Waals surface area (Å²) >= 11 is 5.42. The highest BCUT2D eigenvalue weighted by atomic mass is 32.1. The number of hydrogen-bond acceptors (Lipinski definition) is 6. The van der Waals surface area contributed by atoms with Crippen molar-refractivity contribution in [3.8, 4) is 11.5 Å². The fourth-order valence-corrected chi connectivity index (χ4v) is 3.86.